The van der Waals surface area contributed by atoms with Crippen LogP contribution in [0.2, 0.25) is 0 Å². The molecule has 0 aliphatic carbocycles. The van der Waals surface area contributed by atoms with E-state index in [-0.39, 0.29) is 0 Å². The number of rotatable bonds is 4. The Hall–Kier alpha value is -1.03. The highest BCUT2D eigenvalue weighted by Crippen LogP contribution is 2.24. The lowest BCUT2D eigenvalue weighted by Gasteiger charge is -2.12. The van der Waals surface area contributed by atoms with E-state index in [2.05, 4.69) is 72.0 Å². The smallest absolute Gasteiger partial charge is 0.0452 e. The van der Waals surface area contributed by atoms with Crippen LogP contribution >= 0.6 is 22.6 Å². The zero-order valence-corrected chi connectivity index (χ0v) is 12.8. The molecule has 0 radical (unpaired) electrons. The van der Waals surface area contributed by atoms with Crippen molar-refractivity contribution in [2.45, 2.75) is 26.2 Å². The average molecular weight is 351 g/mol. The zero-order chi connectivity index (χ0) is 13.0. The van der Waals surface area contributed by atoms with Crippen LogP contribution < -0.4 is 5.73 Å². The third-order valence-electron chi connectivity index (χ3n) is 3.08. The molecule has 0 aliphatic heterocycles. The Labute approximate surface area is 123 Å². The summed E-state index contributed by atoms with van der Waals surface area (Å²) < 4.78 is 1.15. The van der Waals surface area contributed by atoms with Gasteiger partial charge in [-0.1, -0.05) is 43.7 Å². The maximum Gasteiger partial charge on any atom is 0.0452 e. The van der Waals surface area contributed by atoms with Crippen molar-refractivity contribution in [2.75, 3.05) is 5.73 Å². The molecule has 2 heteroatoms. The molecule has 2 aromatic carbocycles. The Morgan fingerprint density at radius 2 is 1.78 bits per heavy atom. The van der Waals surface area contributed by atoms with Crippen molar-refractivity contribution >= 4 is 28.3 Å². The van der Waals surface area contributed by atoms with Gasteiger partial charge in [0.05, 0.1) is 0 Å². The summed E-state index contributed by atoms with van der Waals surface area (Å²) >= 11 is 2.31. The normalized spacial score (nSPS) is 10.6. The molecule has 0 atom stereocenters. The van der Waals surface area contributed by atoms with Crippen molar-refractivity contribution in [3.63, 3.8) is 0 Å². The predicted molar refractivity (Wildman–Crippen MR) is 86.8 cm³/mol. The minimum Gasteiger partial charge on any atom is -0.398 e. The van der Waals surface area contributed by atoms with Crippen molar-refractivity contribution in [3.05, 3.63) is 62.7 Å². The van der Waals surface area contributed by atoms with Crippen molar-refractivity contribution in [1.29, 1.82) is 0 Å². The third-order valence-corrected chi connectivity index (χ3v) is 4.01. The van der Waals surface area contributed by atoms with Crippen molar-refractivity contribution < 1.29 is 0 Å². The molecule has 0 bridgehead atoms. The van der Waals surface area contributed by atoms with Crippen LogP contribution in [0.4, 0.5) is 5.69 Å². The van der Waals surface area contributed by atoms with Gasteiger partial charge in [0.25, 0.3) is 0 Å². The molecule has 0 aliphatic rings. The largest absolute Gasteiger partial charge is 0.398 e. The van der Waals surface area contributed by atoms with Crippen LogP contribution in [0.3, 0.4) is 0 Å². The molecule has 0 saturated heterocycles. The van der Waals surface area contributed by atoms with E-state index in [9.17, 15) is 0 Å². The van der Waals surface area contributed by atoms with E-state index in [0.717, 1.165) is 28.5 Å². The molecule has 2 N–H and O–H groups in total. The second kappa shape index (κ2) is 6.23. The van der Waals surface area contributed by atoms with E-state index in [0.29, 0.717) is 0 Å². The van der Waals surface area contributed by atoms with Crippen LogP contribution in [0.25, 0.3) is 0 Å². The van der Waals surface area contributed by atoms with Gasteiger partial charge >= 0.3 is 0 Å². The first kappa shape index (κ1) is 13.4. The summed E-state index contributed by atoms with van der Waals surface area (Å²) in [6.07, 6.45) is 3.25. The van der Waals surface area contributed by atoms with Crippen LogP contribution in [-0.2, 0) is 12.8 Å². The first-order valence-electron chi connectivity index (χ1n) is 6.31. The van der Waals surface area contributed by atoms with Crippen molar-refractivity contribution in [2.24, 2.45) is 0 Å². The van der Waals surface area contributed by atoms with E-state index >= 15 is 0 Å². The molecule has 0 aromatic heterocycles. The average Bonchev–Trinajstić information content (AvgIpc) is 2.37. The highest BCUT2D eigenvalue weighted by Gasteiger charge is 2.07. The fourth-order valence-corrected chi connectivity index (χ4v) is 2.69. The van der Waals surface area contributed by atoms with E-state index in [1.54, 1.807) is 0 Å². The van der Waals surface area contributed by atoms with E-state index in [1.165, 1.54) is 16.7 Å². The van der Waals surface area contributed by atoms with Gasteiger partial charge < -0.3 is 5.73 Å². The number of aryl methyl sites for hydroxylation is 1. The Balaban J connectivity index is 2.33. The molecule has 0 saturated carbocycles. The first-order valence-corrected chi connectivity index (χ1v) is 7.39. The van der Waals surface area contributed by atoms with Gasteiger partial charge in [-0.2, -0.15) is 0 Å². The molecule has 2 rings (SSSR count). The molecule has 0 fully saturated rings. The summed E-state index contributed by atoms with van der Waals surface area (Å²) in [6.45, 7) is 2.21. The number of nitrogens with two attached hydrogens (primary N) is 1. The Bertz CT molecular complexity index is 520. The number of benzene rings is 2. The van der Waals surface area contributed by atoms with E-state index in [1.807, 2.05) is 0 Å². The Morgan fingerprint density at radius 1 is 1.06 bits per heavy atom. The maximum absolute atomic E-state index is 6.01. The highest BCUT2D eigenvalue weighted by atomic mass is 127. The van der Waals surface area contributed by atoms with Crippen molar-refractivity contribution in [1.82, 2.24) is 0 Å². The van der Waals surface area contributed by atoms with Crippen molar-refractivity contribution in [3.8, 4) is 0 Å². The quantitative estimate of drug-likeness (QED) is 0.641. The van der Waals surface area contributed by atoms with Crippen LogP contribution in [0, 0.1) is 3.57 Å². The van der Waals surface area contributed by atoms with Crippen LogP contribution in [0.15, 0.2) is 42.5 Å². The van der Waals surface area contributed by atoms with Crippen LogP contribution in [0.1, 0.15) is 30.0 Å². The lowest BCUT2D eigenvalue weighted by Crippen LogP contribution is -2.00. The van der Waals surface area contributed by atoms with Crippen LogP contribution in [0.5, 0.6) is 0 Å². The lowest BCUT2D eigenvalue weighted by atomic mass is 9.96. The fraction of sp³-hybridized carbons (Fsp3) is 0.250. The number of hydrogen-bond donors (Lipinski definition) is 1. The minimum absolute atomic E-state index is 0.899. The second-order valence-electron chi connectivity index (χ2n) is 4.55. The van der Waals surface area contributed by atoms with Gasteiger partial charge in [-0.3, -0.25) is 0 Å². The van der Waals surface area contributed by atoms with E-state index < -0.39 is 0 Å². The van der Waals surface area contributed by atoms with Gasteiger partial charge in [-0.05, 0) is 64.3 Å². The molecular weight excluding hydrogens is 333 g/mol. The Kier molecular flexibility index (Phi) is 4.64. The predicted octanol–water partition coefficient (Wildman–Crippen LogP) is 4.42. The van der Waals surface area contributed by atoms with Gasteiger partial charge in [0, 0.05) is 9.26 Å². The third kappa shape index (κ3) is 3.25. The van der Waals surface area contributed by atoms with Gasteiger partial charge in [0.1, 0.15) is 0 Å². The summed E-state index contributed by atoms with van der Waals surface area (Å²) in [5.74, 6) is 0. The molecule has 0 unspecified atom stereocenters. The van der Waals surface area contributed by atoms with Gasteiger partial charge in [0.15, 0.2) is 0 Å². The topological polar surface area (TPSA) is 26.0 Å². The molecule has 0 amide bonds. The second-order valence-corrected chi connectivity index (χ2v) is 5.72. The summed E-state index contributed by atoms with van der Waals surface area (Å²) in [5, 5.41) is 0. The SMILES string of the molecule is CCCc1cc(N)c(I)cc1Cc1ccccc1. The van der Waals surface area contributed by atoms with Crippen LogP contribution in [-0.4, -0.2) is 0 Å². The molecule has 1 nitrogen and oxygen atoms in total. The summed E-state index contributed by atoms with van der Waals surface area (Å²) in [7, 11) is 0. The molecule has 18 heavy (non-hydrogen) atoms. The first-order chi connectivity index (χ1) is 8.70. The van der Waals surface area contributed by atoms with Gasteiger partial charge in [0.2, 0.25) is 0 Å². The molecule has 0 spiro atoms. The summed E-state index contributed by atoms with van der Waals surface area (Å²) in [5.41, 5.74) is 11.1. The Morgan fingerprint density at radius 3 is 2.44 bits per heavy atom. The minimum atomic E-state index is 0.899. The molecule has 94 valence electrons. The lowest BCUT2D eigenvalue weighted by molar-refractivity contribution is 0.904. The van der Waals surface area contributed by atoms with Gasteiger partial charge in [-0.15, -0.1) is 0 Å². The monoisotopic (exact) mass is 351 g/mol. The highest BCUT2D eigenvalue weighted by molar-refractivity contribution is 14.1. The number of anilines is 1. The standard InChI is InChI=1S/C16H18IN/c1-2-6-13-11-16(18)15(17)10-14(13)9-12-7-4-3-5-8-12/h3-5,7-8,10-11H,2,6,9,18H2,1H3. The summed E-state index contributed by atoms with van der Waals surface area (Å²) in [6, 6.07) is 15.0. The number of halogens is 1. The zero-order valence-electron chi connectivity index (χ0n) is 10.6. The fourth-order valence-electron chi connectivity index (χ4n) is 2.16. The number of hydrogen-bond acceptors (Lipinski definition) is 1. The molecule has 2 aromatic rings. The number of nitrogen functional groups attached to an aromatic ring is 1. The maximum atomic E-state index is 6.01. The van der Waals surface area contributed by atoms with Gasteiger partial charge in [-0.25, -0.2) is 0 Å². The van der Waals surface area contributed by atoms with E-state index in [4.69, 9.17) is 5.73 Å². The molecule has 0 heterocycles. The summed E-state index contributed by atoms with van der Waals surface area (Å²) in [4.78, 5) is 0. The molecular formula is C16H18IN.